The second-order valence-corrected chi connectivity index (χ2v) is 15.1. The molecule has 0 aromatic rings. The van der Waals surface area contributed by atoms with Gasteiger partial charge in [-0.2, -0.15) is 0 Å². The number of hydrogen-bond donors (Lipinski definition) is 0. The fourth-order valence-electron chi connectivity index (χ4n) is 1.82. The van der Waals surface area contributed by atoms with Crippen molar-refractivity contribution in [1.29, 1.82) is 0 Å². The molecule has 0 heterocycles. The van der Waals surface area contributed by atoms with Crippen LogP contribution in [0.3, 0.4) is 0 Å². The number of rotatable bonds is 12. The summed E-state index contributed by atoms with van der Waals surface area (Å²) in [6.45, 7) is 10.8. The normalized spacial score (nSPS) is 12.0. The molecule has 104 valence electrons. The van der Waals surface area contributed by atoms with Crippen molar-refractivity contribution in [3.63, 3.8) is 0 Å². The Hall–Kier alpha value is 0.719. The molecular weight excluding hydrogens is 319 g/mol. The van der Waals surface area contributed by atoms with E-state index in [0.29, 0.717) is 0 Å². The van der Waals surface area contributed by atoms with Crippen LogP contribution in [0.25, 0.3) is 0 Å². The first-order valence-corrected chi connectivity index (χ1v) is 13.9. The van der Waals surface area contributed by atoms with Gasteiger partial charge in [0.2, 0.25) is 0 Å². The van der Waals surface area contributed by atoms with Crippen molar-refractivity contribution in [2.24, 2.45) is 0 Å². The van der Waals surface area contributed by atoms with Crippen LogP contribution in [0.5, 0.6) is 0 Å². The average molecular weight is 351 g/mol. The quantitative estimate of drug-likeness (QED) is 0.369. The van der Waals surface area contributed by atoms with Gasteiger partial charge in [-0.3, -0.25) is 0 Å². The zero-order valence-corrected chi connectivity index (χ0v) is 15.2. The van der Waals surface area contributed by atoms with Crippen LogP contribution in [0, 0.1) is 0 Å². The van der Waals surface area contributed by atoms with Gasteiger partial charge in [0, 0.05) is 0 Å². The van der Waals surface area contributed by atoms with Crippen LogP contribution in [0.2, 0.25) is 8.87 Å². The molecule has 0 N–H and O–H groups in total. The molecule has 17 heavy (non-hydrogen) atoms. The SMILES string of the molecule is CCCC[O][Sn]([CH2]C)([CH2]CCC)[O]CCCC. The van der Waals surface area contributed by atoms with Crippen LogP contribution < -0.4 is 0 Å². The van der Waals surface area contributed by atoms with Gasteiger partial charge in [0.15, 0.2) is 0 Å². The molecule has 0 aliphatic rings. The monoisotopic (exact) mass is 352 g/mol. The molecule has 0 bridgehead atoms. The third kappa shape index (κ3) is 8.44. The van der Waals surface area contributed by atoms with Crippen molar-refractivity contribution >= 4 is 19.2 Å². The molecule has 0 aliphatic heterocycles. The molecule has 0 spiro atoms. The van der Waals surface area contributed by atoms with Crippen LogP contribution >= 0.6 is 0 Å². The molecule has 0 aromatic heterocycles. The Balaban J connectivity index is 4.17. The van der Waals surface area contributed by atoms with E-state index < -0.39 is 19.2 Å². The topological polar surface area (TPSA) is 18.5 Å². The maximum absolute atomic E-state index is 6.26. The Bertz CT molecular complexity index is 152. The van der Waals surface area contributed by atoms with Gasteiger partial charge in [-0.05, 0) is 0 Å². The van der Waals surface area contributed by atoms with E-state index in [1.54, 1.807) is 0 Å². The Morgan fingerprint density at radius 3 is 1.53 bits per heavy atom. The predicted molar refractivity (Wildman–Crippen MR) is 77.7 cm³/mol. The van der Waals surface area contributed by atoms with Crippen molar-refractivity contribution in [3.8, 4) is 0 Å². The molecule has 0 atom stereocenters. The summed E-state index contributed by atoms with van der Waals surface area (Å²) < 4.78 is 14.9. The van der Waals surface area contributed by atoms with E-state index in [-0.39, 0.29) is 0 Å². The van der Waals surface area contributed by atoms with E-state index >= 15 is 0 Å². The number of unbranched alkanes of at least 4 members (excludes halogenated alkanes) is 3. The van der Waals surface area contributed by atoms with E-state index in [9.17, 15) is 0 Å². The second kappa shape index (κ2) is 11.8. The zero-order chi connectivity index (χ0) is 13.0. The van der Waals surface area contributed by atoms with Crippen LogP contribution in [0.15, 0.2) is 0 Å². The minimum absolute atomic E-state index is 0.927. The van der Waals surface area contributed by atoms with Crippen LogP contribution in [-0.2, 0) is 6.15 Å². The van der Waals surface area contributed by atoms with Gasteiger partial charge in [0.25, 0.3) is 0 Å². The van der Waals surface area contributed by atoms with E-state index in [2.05, 4.69) is 27.7 Å². The Morgan fingerprint density at radius 2 is 1.18 bits per heavy atom. The molecule has 0 saturated heterocycles. The van der Waals surface area contributed by atoms with Gasteiger partial charge in [-0.1, -0.05) is 0 Å². The van der Waals surface area contributed by atoms with Crippen LogP contribution in [-0.4, -0.2) is 32.4 Å². The fourth-order valence-corrected chi connectivity index (χ4v) is 10.5. The Morgan fingerprint density at radius 1 is 0.706 bits per heavy atom. The van der Waals surface area contributed by atoms with Gasteiger partial charge in [-0.15, -0.1) is 0 Å². The third-order valence-electron chi connectivity index (χ3n) is 3.18. The van der Waals surface area contributed by atoms with Gasteiger partial charge in [0.1, 0.15) is 0 Å². The van der Waals surface area contributed by atoms with E-state index in [1.807, 2.05) is 0 Å². The molecule has 0 unspecified atom stereocenters. The van der Waals surface area contributed by atoms with Crippen molar-refractivity contribution < 1.29 is 6.15 Å². The molecule has 3 heteroatoms. The predicted octanol–water partition coefficient (Wildman–Crippen LogP) is 4.88. The molecule has 0 aliphatic carbocycles. The minimum atomic E-state index is -2.66. The van der Waals surface area contributed by atoms with Crippen molar-refractivity contribution in [3.05, 3.63) is 0 Å². The van der Waals surface area contributed by atoms with Crippen LogP contribution in [0.1, 0.15) is 66.2 Å². The molecule has 0 rings (SSSR count). The summed E-state index contributed by atoms with van der Waals surface area (Å²) in [6.07, 6.45) is 7.34. The summed E-state index contributed by atoms with van der Waals surface area (Å²) in [5.74, 6) is 0. The number of hydrogen-bond acceptors (Lipinski definition) is 2. The van der Waals surface area contributed by atoms with E-state index in [4.69, 9.17) is 6.15 Å². The summed E-state index contributed by atoms with van der Waals surface area (Å²) >= 11 is -2.66. The molecule has 0 saturated carbocycles. The van der Waals surface area contributed by atoms with Gasteiger partial charge >= 0.3 is 114 Å². The summed E-state index contributed by atoms with van der Waals surface area (Å²) in [6, 6.07) is 0. The van der Waals surface area contributed by atoms with Crippen molar-refractivity contribution in [2.75, 3.05) is 13.2 Å². The zero-order valence-electron chi connectivity index (χ0n) is 12.4. The molecule has 0 fully saturated rings. The molecule has 2 nitrogen and oxygen atoms in total. The van der Waals surface area contributed by atoms with Gasteiger partial charge in [0.05, 0.1) is 0 Å². The van der Waals surface area contributed by atoms with Gasteiger partial charge < -0.3 is 0 Å². The standard InChI is InChI=1S/2C4H9O.C4H9.C2H5.Sn/c2*1-2-3-4-5;1-3-4-2;1-2;/h2*2-4H2,1H3;1,3-4H2,2H3;1H2,2H3;/q2*-1;;;+2. The average Bonchev–Trinajstić information content (AvgIpc) is 2.36. The summed E-state index contributed by atoms with van der Waals surface area (Å²) in [5, 5.41) is 0. The van der Waals surface area contributed by atoms with E-state index in [0.717, 1.165) is 13.2 Å². The molecule has 0 radical (unpaired) electrons. The molecular formula is C14H32O2Sn. The summed E-state index contributed by atoms with van der Waals surface area (Å²) in [4.78, 5) is 0. The molecule has 0 amide bonds. The van der Waals surface area contributed by atoms with Gasteiger partial charge in [-0.25, -0.2) is 0 Å². The second-order valence-electron chi connectivity index (χ2n) is 4.77. The fraction of sp³-hybridized carbons (Fsp3) is 1.00. The Kier molecular flexibility index (Phi) is 12.3. The first kappa shape index (κ1) is 17.7. The summed E-state index contributed by atoms with van der Waals surface area (Å²) in [7, 11) is 0. The van der Waals surface area contributed by atoms with Crippen molar-refractivity contribution in [2.45, 2.75) is 75.1 Å². The first-order chi connectivity index (χ1) is 8.24. The van der Waals surface area contributed by atoms with E-state index in [1.165, 1.54) is 47.4 Å². The third-order valence-corrected chi connectivity index (χ3v) is 13.6. The molecule has 0 aromatic carbocycles. The summed E-state index contributed by atoms with van der Waals surface area (Å²) in [5.41, 5.74) is 0. The van der Waals surface area contributed by atoms with Crippen LogP contribution in [0.4, 0.5) is 0 Å². The maximum atomic E-state index is 6.26. The van der Waals surface area contributed by atoms with Crippen molar-refractivity contribution in [1.82, 2.24) is 0 Å². The Labute approximate surface area is 113 Å². The first-order valence-electron chi connectivity index (χ1n) is 7.52.